The highest BCUT2D eigenvalue weighted by molar-refractivity contribution is 6.01. The lowest BCUT2D eigenvalue weighted by atomic mass is 9.98. The fourth-order valence-electron chi connectivity index (χ4n) is 4.00. The summed E-state index contributed by atoms with van der Waals surface area (Å²) < 4.78 is 0. The Morgan fingerprint density at radius 1 is 1.13 bits per heavy atom. The highest BCUT2D eigenvalue weighted by Crippen LogP contribution is 2.35. The number of carbonyl (C=O) groups excluding carboxylic acids is 2. The molecule has 0 saturated heterocycles. The van der Waals surface area contributed by atoms with Gasteiger partial charge in [0.2, 0.25) is 5.91 Å². The molecule has 1 aliphatic carbocycles. The summed E-state index contributed by atoms with van der Waals surface area (Å²) in [5, 5.41) is 26.3. The van der Waals surface area contributed by atoms with E-state index < -0.39 is 17.9 Å². The van der Waals surface area contributed by atoms with Crippen LogP contribution in [0.3, 0.4) is 0 Å². The number of hydrogen-bond acceptors (Lipinski definition) is 7. The molecule has 1 aromatic carbocycles. The van der Waals surface area contributed by atoms with E-state index in [1.165, 1.54) is 6.07 Å². The van der Waals surface area contributed by atoms with E-state index in [4.69, 9.17) is 10.0 Å². The van der Waals surface area contributed by atoms with Gasteiger partial charge >= 0.3 is 0 Å². The molecule has 0 radical (unpaired) electrons. The zero-order valence-electron chi connectivity index (χ0n) is 16.1. The molecule has 3 atom stereocenters. The monoisotopic (exact) mass is 410 g/mol. The van der Waals surface area contributed by atoms with Crippen molar-refractivity contribution in [3.05, 3.63) is 59.4 Å². The van der Waals surface area contributed by atoms with Crippen LogP contribution in [-0.4, -0.2) is 38.9 Å². The summed E-state index contributed by atoms with van der Waals surface area (Å²) in [5.41, 5.74) is 4.14. The minimum atomic E-state index is -0.501. The molecular weight excluding hydrogens is 388 g/mol. The Morgan fingerprint density at radius 2 is 1.93 bits per heavy atom. The van der Waals surface area contributed by atoms with Crippen LogP contribution in [-0.2, 0) is 9.63 Å². The molecule has 2 heterocycles. The molecule has 9 heteroatoms. The van der Waals surface area contributed by atoms with Gasteiger partial charge in [-0.25, -0.2) is 5.48 Å². The predicted octanol–water partition coefficient (Wildman–Crippen LogP) is 2.06. The van der Waals surface area contributed by atoms with Gasteiger partial charge in [-0.2, -0.15) is 0 Å². The molecule has 2 aromatic rings. The third-order valence-corrected chi connectivity index (χ3v) is 5.60. The predicted molar refractivity (Wildman–Crippen MR) is 106 cm³/mol. The first-order valence-corrected chi connectivity index (χ1v) is 9.77. The second-order valence-electron chi connectivity index (χ2n) is 7.44. The molecule has 4 N–H and O–H groups in total. The molecule has 1 aromatic heterocycles. The van der Waals surface area contributed by atoms with Crippen LogP contribution >= 0.6 is 0 Å². The summed E-state index contributed by atoms with van der Waals surface area (Å²) in [4.78, 5) is 33.8. The molecule has 4 rings (SSSR count). The van der Waals surface area contributed by atoms with Gasteiger partial charge in [0.15, 0.2) is 6.10 Å². The Kier molecular flexibility index (Phi) is 5.62. The highest BCUT2D eigenvalue weighted by atomic mass is 16.6. The topological polar surface area (TPSA) is 133 Å². The van der Waals surface area contributed by atoms with E-state index in [0.29, 0.717) is 24.8 Å². The maximum absolute atomic E-state index is 12.6. The zero-order valence-corrected chi connectivity index (χ0v) is 16.1. The van der Waals surface area contributed by atoms with Crippen LogP contribution in [0.15, 0.2) is 47.9 Å². The smallest absolute Gasteiger partial charge is 0.251 e. The molecule has 0 spiro atoms. The van der Waals surface area contributed by atoms with Crippen molar-refractivity contribution in [1.82, 2.24) is 15.8 Å². The number of phenolic OH excluding ortho intramolecular Hbond substituents is 1. The molecule has 0 bridgehead atoms. The molecule has 1 saturated carbocycles. The minimum absolute atomic E-state index is 0.0603. The second-order valence-corrected chi connectivity index (χ2v) is 7.44. The number of aromatic hydroxyl groups is 1. The van der Waals surface area contributed by atoms with Crippen molar-refractivity contribution >= 4 is 17.5 Å². The molecule has 9 nitrogen and oxygen atoms in total. The first-order valence-electron chi connectivity index (χ1n) is 9.77. The molecule has 1 fully saturated rings. The normalized spacial score (nSPS) is 22.8. The average molecular weight is 410 g/mol. The van der Waals surface area contributed by atoms with Gasteiger partial charge in [-0.3, -0.25) is 19.8 Å². The summed E-state index contributed by atoms with van der Waals surface area (Å²) in [6, 6.07) is 7.95. The Bertz CT molecular complexity index is 979. The molecule has 2 amide bonds. The minimum Gasteiger partial charge on any atom is -0.507 e. The summed E-state index contributed by atoms with van der Waals surface area (Å²) in [5.74, 6) is -1.42. The molecule has 30 heavy (non-hydrogen) atoms. The van der Waals surface area contributed by atoms with Crippen molar-refractivity contribution in [2.45, 2.75) is 37.8 Å². The SMILES string of the molecule is O=C(N[C@H]1CCC[C@H]1C(=O)NO)c1ccc(C2CC(c3ccncc3)=NO2)c(O)c1. The summed E-state index contributed by atoms with van der Waals surface area (Å²) in [7, 11) is 0. The summed E-state index contributed by atoms with van der Waals surface area (Å²) in [6.45, 7) is 0. The van der Waals surface area contributed by atoms with Crippen LogP contribution in [0.1, 0.15) is 53.3 Å². The Labute approximate surface area is 172 Å². The number of nitrogens with zero attached hydrogens (tertiary/aromatic N) is 2. The van der Waals surface area contributed by atoms with Crippen LogP contribution in [0.25, 0.3) is 0 Å². The first kappa shape index (κ1) is 19.8. The van der Waals surface area contributed by atoms with E-state index >= 15 is 0 Å². The van der Waals surface area contributed by atoms with Crippen LogP contribution in [0.2, 0.25) is 0 Å². The summed E-state index contributed by atoms with van der Waals surface area (Å²) in [6.07, 6.45) is 5.43. The van der Waals surface area contributed by atoms with Crippen molar-refractivity contribution in [1.29, 1.82) is 0 Å². The maximum atomic E-state index is 12.6. The number of aromatic nitrogens is 1. The molecule has 1 unspecified atom stereocenters. The van der Waals surface area contributed by atoms with E-state index in [-0.39, 0.29) is 23.3 Å². The van der Waals surface area contributed by atoms with Gasteiger partial charge in [0.05, 0.1) is 11.6 Å². The Morgan fingerprint density at radius 3 is 2.67 bits per heavy atom. The lowest BCUT2D eigenvalue weighted by Gasteiger charge is -2.19. The first-order chi connectivity index (χ1) is 14.6. The number of nitrogens with one attached hydrogen (secondary N) is 2. The van der Waals surface area contributed by atoms with Crippen LogP contribution < -0.4 is 10.8 Å². The number of pyridine rings is 1. The van der Waals surface area contributed by atoms with Gasteiger partial charge in [-0.1, -0.05) is 17.6 Å². The van der Waals surface area contributed by atoms with E-state index in [1.807, 2.05) is 12.1 Å². The third kappa shape index (κ3) is 3.97. The van der Waals surface area contributed by atoms with Gasteiger partial charge in [-0.05, 0) is 37.1 Å². The summed E-state index contributed by atoms with van der Waals surface area (Å²) >= 11 is 0. The van der Waals surface area contributed by atoms with Crippen molar-refractivity contribution in [3.63, 3.8) is 0 Å². The number of carbonyl (C=O) groups is 2. The molecule has 2 aliphatic rings. The fourth-order valence-corrected chi connectivity index (χ4v) is 4.00. The van der Waals surface area contributed by atoms with E-state index in [2.05, 4.69) is 15.5 Å². The quantitative estimate of drug-likeness (QED) is 0.440. The molecule has 1 aliphatic heterocycles. The number of benzene rings is 1. The van der Waals surface area contributed by atoms with Crippen LogP contribution in [0.5, 0.6) is 5.75 Å². The van der Waals surface area contributed by atoms with Gasteiger partial charge in [0.1, 0.15) is 5.75 Å². The number of amides is 2. The number of rotatable bonds is 5. The number of hydrogen-bond donors (Lipinski definition) is 4. The Hall–Kier alpha value is -3.46. The number of phenols is 1. The van der Waals surface area contributed by atoms with Gasteiger partial charge in [-0.15, -0.1) is 0 Å². The van der Waals surface area contributed by atoms with Crippen LogP contribution in [0.4, 0.5) is 0 Å². The highest BCUT2D eigenvalue weighted by Gasteiger charge is 2.34. The lowest BCUT2D eigenvalue weighted by Crippen LogP contribution is -2.43. The van der Waals surface area contributed by atoms with E-state index in [0.717, 1.165) is 17.7 Å². The number of oxime groups is 1. The van der Waals surface area contributed by atoms with Crippen LogP contribution in [0, 0.1) is 5.92 Å². The zero-order chi connectivity index (χ0) is 21.1. The van der Waals surface area contributed by atoms with Gasteiger partial charge in [0.25, 0.3) is 5.91 Å². The molecular formula is C21H22N4O5. The second kappa shape index (κ2) is 8.50. The van der Waals surface area contributed by atoms with E-state index in [9.17, 15) is 14.7 Å². The van der Waals surface area contributed by atoms with Crippen molar-refractivity contribution < 1.29 is 24.7 Å². The van der Waals surface area contributed by atoms with Crippen molar-refractivity contribution in [3.8, 4) is 5.75 Å². The Balaban J connectivity index is 1.42. The average Bonchev–Trinajstić information content (AvgIpc) is 3.43. The fraction of sp³-hybridized carbons (Fsp3) is 0.333. The lowest BCUT2D eigenvalue weighted by molar-refractivity contribution is -0.133. The third-order valence-electron chi connectivity index (χ3n) is 5.60. The largest absolute Gasteiger partial charge is 0.507 e. The molecule has 156 valence electrons. The standard InChI is InChI=1S/C21H22N4O5/c26-18-10-13(20(27)23-16-3-1-2-14(16)21(28)24-29)4-5-15(18)19-11-17(25-30-19)12-6-8-22-9-7-12/h4-10,14,16,19,26,29H,1-3,11H2,(H,23,27)(H,24,28)/t14-,16+,19?/m1/s1. The van der Waals surface area contributed by atoms with Gasteiger partial charge < -0.3 is 15.3 Å². The maximum Gasteiger partial charge on any atom is 0.251 e. The van der Waals surface area contributed by atoms with E-state index in [1.54, 1.807) is 30.0 Å². The van der Waals surface area contributed by atoms with Crippen molar-refractivity contribution in [2.75, 3.05) is 0 Å². The van der Waals surface area contributed by atoms with Gasteiger partial charge in [0, 0.05) is 41.5 Å². The number of hydroxylamine groups is 1. The van der Waals surface area contributed by atoms with Crippen molar-refractivity contribution in [2.24, 2.45) is 11.1 Å².